The summed E-state index contributed by atoms with van der Waals surface area (Å²) in [5.74, 6) is -0.864. The van der Waals surface area contributed by atoms with Crippen LogP contribution in [0.1, 0.15) is 27.6 Å². The van der Waals surface area contributed by atoms with E-state index in [0.29, 0.717) is 0 Å². The number of carbonyl (C=O) groups excluding carboxylic acids is 2. The van der Waals surface area contributed by atoms with Crippen molar-refractivity contribution in [3.05, 3.63) is 39.5 Å². The van der Waals surface area contributed by atoms with Gasteiger partial charge in [0.1, 0.15) is 16.9 Å². The number of aromatic nitrogens is 2. The van der Waals surface area contributed by atoms with E-state index in [4.69, 9.17) is 32.7 Å². The molecule has 0 saturated heterocycles. The molecule has 1 N–H and O–H groups in total. The normalized spacial score (nSPS) is 10.4. The standard InChI is InChI=1S/C15H15Cl2N3O4/c1-4-24-15(22)8-7-18-20(2)13(8)19-14(21)11-9(16)5-6-10(17)12(11)23-3/h5-7H,4H2,1-3H3,(H,19,21). The number of nitrogens with zero attached hydrogens (tertiary/aromatic N) is 2. The van der Waals surface area contributed by atoms with Crippen LogP contribution in [0.3, 0.4) is 0 Å². The van der Waals surface area contributed by atoms with E-state index in [2.05, 4.69) is 10.4 Å². The van der Waals surface area contributed by atoms with Gasteiger partial charge in [0, 0.05) is 7.05 Å². The maximum atomic E-state index is 12.6. The molecule has 1 heterocycles. The van der Waals surface area contributed by atoms with E-state index < -0.39 is 11.9 Å². The van der Waals surface area contributed by atoms with Crippen LogP contribution in [0.25, 0.3) is 0 Å². The number of amides is 1. The number of hydrogen-bond donors (Lipinski definition) is 1. The van der Waals surface area contributed by atoms with Gasteiger partial charge in [0.25, 0.3) is 5.91 Å². The SMILES string of the molecule is CCOC(=O)c1cnn(C)c1NC(=O)c1c(Cl)ccc(Cl)c1OC. The summed E-state index contributed by atoms with van der Waals surface area (Å²) < 4.78 is 11.4. The van der Waals surface area contributed by atoms with Gasteiger partial charge in [0.15, 0.2) is 5.75 Å². The lowest BCUT2D eigenvalue weighted by Gasteiger charge is -2.13. The predicted molar refractivity (Wildman–Crippen MR) is 90.1 cm³/mol. The molecule has 2 rings (SSSR count). The lowest BCUT2D eigenvalue weighted by atomic mass is 10.1. The van der Waals surface area contributed by atoms with Crippen molar-refractivity contribution in [2.24, 2.45) is 7.05 Å². The third kappa shape index (κ3) is 3.47. The van der Waals surface area contributed by atoms with Crippen LogP contribution in [0.15, 0.2) is 18.3 Å². The third-order valence-electron chi connectivity index (χ3n) is 3.16. The zero-order valence-electron chi connectivity index (χ0n) is 13.2. The fourth-order valence-corrected chi connectivity index (χ4v) is 2.53. The summed E-state index contributed by atoms with van der Waals surface area (Å²) in [6.07, 6.45) is 1.31. The van der Waals surface area contributed by atoms with Gasteiger partial charge in [0.05, 0.1) is 30.0 Å². The molecule has 0 atom stereocenters. The van der Waals surface area contributed by atoms with Crippen LogP contribution in [-0.2, 0) is 11.8 Å². The number of aryl methyl sites for hydroxylation is 1. The highest BCUT2D eigenvalue weighted by Crippen LogP contribution is 2.34. The van der Waals surface area contributed by atoms with Crippen LogP contribution in [-0.4, -0.2) is 35.4 Å². The molecule has 7 nitrogen and oxygen atoms in total. The van der Waals surface area contributed by atoms with Crippen molar-refractivity contribution < 1.29 is 19.1 Å². The van der Waals surface area contributed by atoms with Gasteiger partial charge < -0.3 is 14.8 Å². The van der Waals surface area contributed by atoms with E-state index >= 15 is 0 Å². The summed E-state index contributed by atoms with van der Waals surface area (Å²) in [5, 5.41) is 6.95. The second-order valence-corrected chi connectivity index (χ2v) is 5.46. The van der Waals surface area contributed by atoms with E-state index in [0.717, 1.165) is 0 Å². The van der Waals surface area contributed by atoms with Crippen molar-refractivity contribution in [1.29, 1.82) is 0 Å². The monoisotopic (exact) mass is 371 g/mol. The van der Waals surface area contributed by atoms with E-state index in [9.17, 15) is 9.59 Å². The fourth-order valence-electron chi connectivity index (χ4n) is 2.06. The Morgan fingerprint density at radius 2 is 1.96 bits per heavy atom. The molecule has 0 aliphatic carbocycles. The number of ether oxygens (including phenoxy) is 2. The zero-order chi connectivity index (χ0) is 17.9. The number of carbonyl (C=O) groups is 2. The number of nitrogens with one attached hydrogen (secondary N) is 1. The average Bonchev–Trinajstić information content (AvgIpc) is 2.90. The van der Waals surface area contributed by atoms with Crippen LogP contribution in [0, 0.1) is 0 Å². The molecule has 0 fully saturated rings. The van der Waals surface area contributed by atoms with Gasteiger partial charge in [0.2, 0.25) is 0 Å². The highest BCUT2D eigenvalue weighted by atomic mass is 35.5. The molecular formula is C15H15Cl2N3O4. The molecule has 1 amide bonds. The summed E-state index contributed by atoms with van der Waals surface area (Å²) >= 11 is 12.1. The topological polar surface area (TPSA) is 82.5 Å². The molecule has 0 spiro atoms. The summed E-state index contributed by atoms with van der Waals surface area (Å²) in [7, 11) is 2.96. The molecule has 0 unspecified atom stereocenters. The largest absolute Gasteiger partial charge is 0.494 e. The summed E-state index contributed by atoms with van der Waals surface area (Å²) in [6, 6.07) is 3.00. The Hall–Kier alpha value is -2.25. The first kappa shape index (κ1) is 18.1. The van der Waals surface area contributed by atoms with E-state index in [1.54, 1.807) is 14.0 Å². The maximum Gasteiger partial charge on any atom is 0.343 e. The van der Waals surface area contributed by atoms with Crippen molar-refractivity contribution in [2.45, 2.75) is 6.92 Å². The quantitative estimate of drug-likeness (QED) is 0.816. The van der Waals surface area contributed by atoms with E-state index in [-0.39, 0.29) is 39.3 Å². The highest BCUT2D eigenvalue weighted by Gasteiger charge is 2.24. The van der Waals surface area contributed by atoms with Gasteiger partial charge in [-0.1, -0.05) is 23.2 Å². The van der Waals surface area contributed by atoms with Gasteiger partial charge in [-0.25, -0.2) is 4.79 Å². The van der Waals surface area contributed by atoms with Gasteiger partial charge in [-0.3, -0.25) is 9.48 Å². The Kier molecular flexibility index (Phi) is 5.69. The van der Waals surface area contributed by atoms with Gasteiger partial charge in [-0.15, -0.1) is 0 Å². The molecule has 128 valence electrons. The third-order valence-corrected chi connectivity index (χ3v) is 3.77. The minimum Gasteiger partial charge on any atom is -0.494 e. The van der Waals surface area contributed by atoms with Crippen molar-refractivity contribution in [2.75, 3.05) is 19.0 Å². The lowest BCUT2D eigenvalue weighted by Crippen LogP contribution is -2.19. The van der Waals surface area contributed by atoms with Crippen LogP contribution >= 0.6 is 23.2 Å². The van der Waals surface area contributed by atoms with Crippen molar-refractivity contribution >= 4 is 40.9 Å². The first-order valence-electron chi connectivity index (χ1n) is 6.93. The summed E-state index contributed by atoms with van der Waals surface area (Å²) in [4.78, 5) is 24.6. The molecule has 0 radical (unpaired) electrons. The Labute approximate surface area is 148 Å². The summed E-state index contributed by atoms with van der Waals surface area (Å²) in [5.41, 5.74) is 0.187. The predicted octanol–water partition coefficient (Wildman–Crippen LogP) is 3.16. The molecule has 0 aliphatic rings. The number of hydrogen-bond acceptors (Lipinski definition) is 5. The first-order chi connectivity index (χ1) is 11.4. The Morgan fingerprint density at radius 1 is 1.29 bits per heavy atom. The number of methoxy groups -OCH3 is 1. The van der Waals surface area contributed by atoms with Crippen LogP contribution in [0.2, 0.25) is 10.0 Å². The van der Waals surface area contributed by atoms with Gasteiger partial charge in [-0.2, -0.15) is 5.10 Å². The van der Waals surface area contributed by atoms with Crippen LogP contribution in [0.4, 0.5) is 5.82 Å². The molecule has 2 aromatic rings. The maximum absolute atomic E-state index is 12.6. The molecule has 24 heavy (non-hydrogen) atoms. The zero-order valence-corrected chi connectivity index (χ0v) is 14.7. The van der Waals surface area contributed by atoms with Crippen molar-refractivity contribution in [3.8, 4) is 5.75 Å². The minimum absolute atomic E-state index is 0.0580. The highest BCUT2D eigenvalue weighted by molar-refractivity contribution is 6.37. The second kappa shape index (κ2) is 7.55. The first-order valence-corrected chi connectivity index (χ1v) is 7.68. The number of benzene rings is 1. The molecule has 1 aromatic heterocycles. The van der Waals surface area contributed by atoms with Crippen molar-refractivity contribution in [3.63, 3.8) is 0 Å². The number of anilines is 1. The Morgan fingerprint density at radius 3 is 2.58 bits per heavy atom. The molecule has 0 saturated carbocycles. The molecular weight excluding hydrogens is 357 g/mol. The van der Waals surface area contributed by atoms with Crippen LogP contribution < -0.4 is 10.1 Å². The van der Waals surface area contributed by atoms with Gasteiger partial charge in [-0.05, 0) is 19.1 Å². The second-order valence-electron chi connectivity index (χ2n) is 4.64. The van der Waals surface area contributed by atoms with Crippen molar-refractivity contribution in [1.82, 2.24) is 9.78 Å². The summed E-state index contributed by atoms with van der Waals surface area (Å²) in [6.45, 7) is 1.89. The smallest absolute Gasteiger partial charge is 0.343 e. The molecule has 1 aromatic carbocycles. The van der Waals surface area contributed by atoms with Crippen LogP contribution in [0.5, 0.6) is 5.75 Å². The molecule has 9 heteroatoms. The number of esters is 1. The molecule has 0 aliphatic heterocycles. The van der Waals surface area contributed by atoms with Gasteiger partial charge >= 0.3 is 5.97 Å². The Bertz CT molecular complexity index is 789. The minimum atomic E-state index is -0.593. The lowest BCUT2D eigenvalue weighted by molar-refractivity contribution is 0.0527. The van der Waals surface area contributed by atoms with E-state index in [1.807, 2.05) is 0 Å². The average molecular weight is 372 g/mol. The fraction of sp³-hybridized carbons (Fsp3) is 0.267. The van der Waals surface area contributed by atoms with E-state index in [1.165, 1.54) is 30.1 Å². The molecule has 0 bridgehead atoms. The number of rotatable bonds is 5. The number of halogens is 2. The Balaban J connectivity index is 2.40.